The molecular weight excluding hydrogens is 1400 g/mol. The molecule has 0 saturated carbocycles. The van der Waals surface area contributed by atoms with Crippen molar-refractivity contribution in [3.05, 3.63) is 0 Å². The van der Waals surface area contributed by atoms with Gasteiger partial charge in [0.25, 0.3) is 0 Å². The molecule has 0 aromatic carbocycles. The van der Waals surface area contributed by atoms with Gasteiger partial charge < -0.3 is 33.8 Å². The summed E-state index contributed by atoms with van der Waals surface area (Å²) >= 11 is 0. The maximum atomic E-state index is 13.2. The van der Waals surface area contributed by atoms with Crippen LogP contribution in [0.4, 0.5) is 0 Å². The molecule has 3 N–H and O–H groups in total. The first-order chi connectivity index (χ1) is 52.4. The average Bonchev–Trinajstić information content (AvgIpc) is 0.902. The van der Waals surface area contributed by atoms with Crippen LogP contribution >= 0.6 is 15.6 Å². The lowest BCUT2D eigenvalue weighted by Gasteiger charge is -2.21. The Kier molecular flexibility index (Phi) is 78.8. The van der Waals surface area contributed by atoms with Crippen LogP contribution in [0, 0.1) is 11.8 Å². The van der Waals surface area contributed by atoms with E-state index in [-0.39, 0.29) is 25.7 Å². The zero-order valence-electron chi connectivity index (χ0n) is 71.2. The smallest absolute Gasteiger partial charge is 0.462 e. The van der Waals surface area contributed by atoms with Gasteiger partial charge in [-0.05, 0) is 37.5 Å². The third-order valence-corrected chi connectivity index (χ3v) is 22.9. The number of unbranched alkanes of at least 4 members (excludes halogenated alkanes) is 58. The summed E-state index contributed by atoms with van der Waals surface area (Å²) in [6.07, 6.45) is 74.0. The second-order valence-corrected chi connectivity index (χ2v) is 35.8. The van der Waals surface area contributed by atoms with Crippen LogP contribution in [0.3, 0.4) is 0 Å². The maximum Gasteiger partial charge on any atom is 0.472 e. The minimum Gasteiger partial charge on any atom is -0.462 e. The Labute approximate surface area is 664 Å². The monoisotopic (exact) mass is 1580 g/mol. The molecule has 0 rings (SSSR count). The molecule has 2 unspecified atom stereocenters. The van der Waals surface area contributed by atoms with Gasteiger partial charge in [0, 0.05) is 25.7 Å². The molecule has 0 amide bonds. The summed E-state index contributed by atoms with van der Waals surface area (Å²) in [5.74, 6) is -0.628. The van der Waals surface area contributed by atoms with Crippen LogP contribution in [0.25, 0.3) is 0 Å². The third kappa shape index (κ3) is 82.1. The fourth-order valence-electron chi connectivity index (χ4n) is 14.0. The highest BCUT2D eigenvalue weighted by atomic mass is 31.2. The summed E-state index contributed by atoms with van der Waals surface area (Å²) in [6.45, 7) is 9.62. The topological polar surface area (TPSA) is 237 Å². The van der Waals surface area contributed by atoms with Gasteiger partial charge in [0.15, 0.2) is 12.2 Å². The van der Waals surface area contributed by atoms with Crippen LogP contribution in [0.15, 0.2) is 0 Å². The summed E-state index contributed by atoms with van der Waals surface area (Å²) in [6, 6.07) is 0. The lowest BCUT2D eigenvalue weighted by Crippen LogP contribution is -2.30. The van der Waals surface area contributed by atoms with E-state index in [1.807, 2.05) is 0 Å². The highest BCUT2D eigenvalue weighted by Crippen LogP contribution is 2.45. The molecule has 0 spiro atoms. The number of aliphatic hydroxyl groups is 1. The van der Waals surface area contributed by atoms with Crippen LogP contribution in [0.2, 0.25) is 0 Å². The van der Waals surface area contributed by atoms with E-state index in [0.29, 0.717) is 31.6 Å². The molecule has 642 valence electrons. The molecule has 19 heteroatoms. The molecule has 108 heavy (non-hydrogen) atoms. The summed E-state index contributed by atoms with van der Waals surface area (Å²) in [7, 11) is -9.93. The third-order valence-electron chi connectivity index (χ3n) is 21.0. The fourth-order valence-corrected chi connectivity index (χ4v) is 15.5. The Morgan fingerprint density at radius 3 is 0.630 bits per heavy atom. The lowest BCUT2D eigenvalue weighted by molar-refractivity contribution is -0.161. The van der Waals surface area contributed by atoms with Crippen molar-refractivity contribution in [2.24, 2.45) is 11.8 Å². The van der Waals surface area contributed by atoms with Crippen LogP contribution < -0.4 is 0 Å². The molecule has 0 heterocycles. The molecule has 0 aromatic heterocycles. The van der Waals surface area contributed by atoms with Crippen molar-refractivity contribution < 1.29 is 80.2 Å². The van der Waals surface area contributed by atoms with Crippen LogP contribution in [0.5, 0.6) is 0 Å². The highest BCUT2D eigenvalue weighted by Gasteiger charge is 2.31. The largest absolute Gasteiger partial charge is 0.472 e. The SMILES string of the molecule is CCCCCCCCCCCCCCCCCCCCCCCCC(=O)O[C@H](COC(=O)CCCCCCCCCCCCCCCCCCCCCC)COP(=O)(O)OC[C@@H](O)COP(=O)(O)OC[C@@H](COC(=O)CCCCCCCCC(C)C)OC(=O)CCCCCCCCCCCCCCCCC(C)C. The van der Waals surface area contributed by atoms with Crippen molar-refractivity contribution in [1.82, 2.24) is 0 Å². The summed E-state index contributed by atoms with van der Waals surface area (Å²) in [5.41, 5.74) is 0. The first kappa shape index (κ1) is 106. The standard InChI is InChI=1S/C89H174O17P2/c1-7-9-11-13-15-17-19-21-23-25-27-29-30-32-34-36-41-45-49-53-61-67-73-88(93)105-84(77-99-86(91)71-65-59-52-48-44-40-35-33-31-28-26-24-22-20-18-16-14-12-10-8-2)79-103-107(95,96)101-75-83(90)76-102-108(97,98)104-80-85(78-100-87(92)72-66-60-56-55-58-64-70-82(5)6)106-89(94)74-68-62-54-50-46-42-38-37-39-43-47-51-57-63-69-81(3)4/h81-85,90H,7-80H2,1-6H3,(H,95,96)(H,97,98)/t83-,84-,85-/m1/s1. The molecule has 0 saturated heterocycles. The zero-order chi connectivity index (χ0) is 79.2. The zero-order valence-corrected chi connectivity index (χ0v) is 73.0. The van der Waals surface area contributed by atoms with Gasteiger partial charge in [0.1, 0.15) is 19.3 Å². The average molecular weight is 1580 g/mol. The van der Waals surface area contributed by atoms with E-state index < -0.39 is 97.5 Å². The van der Waals surface area contributed by atoms with Gasteiger partial charge in [0.05, 0.1) is 26.4 Å². The molecule has 0 aliphatic carbocycles. The molecule has 5 atom stereocenters. The lowest BCUT2D eigenvalue weighted by atomic mass is 10.0. The molecule has 0 fully saturated rings. The predicted molar refractivity (Wildman–Crippen MR) is 446 cm³/mol. The quantitative estimate of drug-likeness (QED) is 0.0222. The van der Waals surface area contributed by atoms with E-state index in [2.05, 4.69) is 41.5 Å². The minimum atomic E-state index is -4.97. The van der Waals surface area contributed by atoms with Gasteiger partial charge in [-0.3, -0.25) is 37.3 Å². The Hall–Kier alpha value is -1.94. The summed E-state index contributed by atoms with van der Waals surface area (Å²) in [5, 5.41) is 10.7. The second-order valence-electron chi connectivity index (χ2n) is 32.9. The van der Waals surface area contributed by atoms with Crippen molar-refractivity contribution in [3.8, 4) is 0 Å². The molecule has 0 aliphatic rings. The number of aliphatic hydroxyl groups excluding tert-OH is 1. The van der Waals surface area contributed by atoms with E-state index in [1.165, 1.54) is 289 Å². The van der Waals surface area contributed by atoms with Crippen LogP contribution in [-0.2, 0) is 65.4 Å². The maximum absolute atomic E-state index is 13.2. The summed E-state index contributed by atoms with van der Waals surface area (Å²) < 4.78 is 68.9. The van der Waals surface area contributed by atoms with Crippen molar-refractivity contribution >= 4 is 39.5 Å². The van der Waals surface area contributed by atoms with E-state index in [9.17, 15) is 43.2 Å². The Bertz CT molecular complexity index is 2060. The van der Waals surface area contributed by atoms with Crippen molar-refractivity contribution in [1.29, 1.82) is 0 Å². The predicted octanol–water partition coefficient (Wildman–Crippen LogP) is 27.4. The number of phosphoric acid groups is 2. The summed E-state index contributed by atoms with van der Waals surface area (Å²) in [4.78, 5) is 73.3. The van der Waals surface area contributed by atoms with Crippen molar-refractivity contribution in [2.75, 3.05) is 39.6 Å². The number of ether oxygens (including phenoxy) is 4. The number of hydrogen-bond donors (Lipinski definition) is 3. The van der Waals surface area contributed by atoms with Gasteiger partial charge in [-0.1, -0.05) is 427 Å². The highest BCUT2D eigenvalue weighted by molar-refractivity contribution is 7.47. The number of carbonyl (C=O) groups excluding carboxylic acids is 4. The number of rotatable bonds is 88. The fraction of sp³-hybridized carbons (Fsp3) is 0.955. The van der Waals surface area contributed by atoms with Crippen LogP contribution in [0.1, 0.15) is 478 Å². The Morgan fingerprint density at radius 1 is 0.250 bits per heavy atom. The van der Waals surface area contributed by atoms with Crippen molar-refractivity contribution in [2.45, 2.75) is 496 Å². The molecule has 0 bridgehead atoms. The second kappa shape index (κ2) is 80.3. The van der Waals surface area contributed by atoms with Gasteiger partial charge in [-0.25, -0.2) is 9.13 Å². The molecule has 17 nitrogen and oxygen atoms in total. The first-order valence-corrected chi connectivity index (χ1v) is 49.0. The van der Waals surface area contributed by atoms with Gasteiger partial charge >= 0.3 is 39.5 Å². The Balaban J connectivity index is 5.20. The molecule has 0 aliphatic heterocycles. The Morgan fingerprint density at radius 2 is 0.426 bits per heavy atom. The number of hydrogen-bond acceptors (Lipinski definition) is 15. The van der Waals surface area contributed by atoms with E-state index in [4.69, 9.17) is 37.0 Å². The normalized spacial score (nSPS) is 13.8. The van der Waals surface area contributed by atoms with Crippen molar-refractivity contribution in [3.63, 3.8) is 0 Å². The molecule has 0 aromatic rings. The number of esters is 4. The van der Waals surface area contributed by atoms with E-state index in [0.717, 1.165) is 102 Å². The van der Waals surface area contributed by atoms with Crippen LogP contribution in [-0.4, -0.2) is 96.7 Å². The molecule has 0 radical (unpaired) electrons. The molecular formula is C89H174O17P2. The van der Waals surface area contributed by atoms with E-state index >= 15 is 0 Å². The van der Waals surface area contributed by atoms with Gasteiger partial charge in [0.2, 0.25) is 0 Å². The van der Waals surface area contributed by atoms with Gasteiger partial charge in [-0.2, -0.15) is 0 Å². The number of carbonyl (C=O) groups is 4. The first-order valence-electron chi connectivity index (χ1n) is 46.0. The minimum absolute atomic E-state index is 0.107. The van der Waals surface area contributed by atoms with Gasteiger partial charge in [-0.15, -0.1) is 0 Å². The van der Waals surface area contributed by atoms with E-state index in [1.54, 1.807) is 0 Å². The number of phosphoric ester groups is 2.